The number of carbonyl (C=O) groups excluding carboxylic acids is 1. The van der Waals surface area contributed by atoms with E-state index in [1.807, 2.05) is 24.3 Å². The molecule has 4 heteroatoms. The Morgan fingerprint density at radius 2 is 1.90 bits per heavy atom. The number of hydrogen-bond acceptors (Lipinski definition) is 3. The molecule has 1 amide bonds. The molecule has 1 atom stereocenters. The summed E-state index contributed by atoms with van der Waals surface area (Å²) >= 11 is 0. The number of hydrogen-bond donors (Lipinski definition) is 2. The minimum absolute atomic E-state index is 0.289. The van der Waals surface area contributed by atoms with Crippen molar-refractivity contribution in [3.8, 4) is 5.75 Å². The average Bonchev–Trinajstić information content (AvgIpc) is 2.76. The predicted molar refractivity (Wildman–Crippen MR) is 82.1 cm³/mol. The molecule has 1 heterocycles. The molecule has 2 aliphatic rings. The first-order chi connectivity index (χ1) is 10.2. The van der Waals surface area contributed by atoms with Crippen molar-refractivity contribution in [3.05, 3.63) is 29.8 Å². The van der Waals surface area contributed by atoms with Gasteiger partial charge < -0.3 is 10.5 Å². The Labute approximate surface area is 126 Å². The zero-order chi connectivity index (χ0) is 14.7. The van der Waals surface area contributed by atoms with Crippen molar-refractivity contribution < 1.29 is 9.53 Å². The maximum absolute atomic E-state index is 12.3. The Bertz CT molecular complexity index is 509. The van der Waals surface area contributed by atoms with Crippen LogP contribution in [-0.2, 0) is 10.3 Å². The van der Waals surface area contributed by atoms with E-state index in [2.05, 4.69) is 5.32 Å². The molecule has 1 fully saturated rings. The van der Waals surface area contributed by atoms with Crippen LogP contribution in [0.2, 0.25) is 0 Å². The first kappa shape index (κ1) is 14.4. The molecule has 0 radical (unpaired) electrons. The van der Waals surface area contributed by atoms with Crippen LogP contribution in [-0.4, -0.2) is 18.6 Å². The fourth-order valence-electron chi connectivity index (χ4n) is 3.64. The summed E-state index contributed by atoms with van der Waals surface area (Å²) in [5, 5.41) is 3.61. The second-order valence-corrected chi connectivity index (χ2v) is 6.20. The van der Waals surface area contributed by atoms with Crippen molar-refractivity contribution in [1.82, 2.24) is 5.32 Å². The van der Waals surface area contributed by atoms with Crippen LogP contribution in [0.5, 0.6) is 5.75 Å². The third kappa shape index (κ3) is 2.77. The Hall–Kier alpha value is -1.55. The van der Waals surface area contributed by atoms with Crippen molar-refractivity contribution in [2.24, 2.45) is 5.73 Å². The van der Waals surface area contributed by atoms with Gasteiger partial charge in [-0.1, -0.05) is 43.9 Å². The number of benzene rings is 1. The molecule has 21 heavy (non-hydrogen) atoms. The van der Waals surface area contributed by atoms with Gasteiger partial charge in [0.2, 0.25) is 5.91 Å². The topological polar surface area (TPSA) is 64.4 Å². The minimum Gasteiger partial charge on any atom is -0.493 e. The summed E-state index contributed by atoms with van der Waals surface area (Å²) in [6, 6.07) is 8.12. The van der Waals surface area contributed by atoms with Gasteiger partial charge in [0.05, 0.1) is 6.61 Å². The Kier molecular flexibility index (Phi) is 4.15. The van der Waals surface area contributed by atoms with Gasteiger partial charge in [-0.15, -0.1) is 0 Å². The van der Waals surface area contributed by atoms with E-state index in [0.717, 1.165) is 24.2 Å². The highest BCUT2D eigenvalue weighted by atomic mass is 16.5. The van der Waals surface area contributed by atoms with Crippen LogP contribution in [0.3, 0.4) is 0 Å². The van der Waals surface area contributed by atoms with Crippen LogP contribution < -0.4 is 15.8 Å². The maximum atomic E-state index is 12.3. The van der Waals surface area contributed by atoms with Gasteiger partial charge in [0, 0.05) is 18.0 Å². The van der Waals surface area contributed by atoms with E-state index in [9.17, 15) is 4.79 Å². The van der Waals surface area contributed by atoms with Gasteiger partial charge in [0.25, 0.3) is 0 Å². The summed E-state index contributed by atoms with van der Waals surface area (Å²) in [5.74, 6) is 0.492. The molecule has 0 bridgehead atoms. The molecule has 1 aliphatic heterocycles. The molecule has 0 spiro atoms. The largest absolute Gasteiger partial charge is 0.493 e. The van der Waals surface area contributed by atoms with E-state index in [1.165, 1.54) is 25.7 Å². The van der Waals surface area contributed by atoms with E-state index in [-0.39, 0.29) is 5.91 Å². The number of para-hydroxylation sites is 1. The third-order valence-corrected chi connectivity index (χ3v) is 4.81. The molecule has 1 unspecified atom stereocenters. The molecule has 114 valence electrons. The summed E-state index contributed by atoms with van der Waals surface area (Å²) in [4.78, 5) is 12.3. The number of amides is 1. The summed E-state index contributed by atoms with van der Waals surface area (Å²) in [6.45, 7) is 0.527. The summed E-state index contributed by atoms with van der Waals surface area (Å²) in [6.07, 6.45) is 7.89. The first-order valence-corrected chi connectivity index (χ1v) is 8.02. The highest BCUT2D eigenvalue weighted by molar-refractivity contribution is 5.87. The van der Waals surface area contributed by atoms with Crippen molar-refractivity contribution in [1.29, 1.82) is 0 Å². The Morgan fingerprint density at radius 3 is 2.62 bits per heavy atom. The number of carbonyl (C=O) groups is 1. The molecule has 0 saturated heterocycles. The van der Waals surface area contributed by atoms with Gasteiger partial charge in [0.1, 0.15) is 11.3 Å². The molecule has 3 N–H and O–H groups in total. The monoisotopic (exact) mass is 288 g/mol. The predicted octanol–water partition coefficient (Wildman–Crippen LogP) is 2.46. The van der Waals surface area contributed by atoms with E-state index in [0.29, 0.717) is 19.1 Å². The van der Waals surface area contributed by atoms with Crippen LogP contribution in [0.4, 0.5) is 0 Å². The first-order valence-electron chi connectivity index (χ1n) is 8.02. The lowest BCUT2D eigenvalue weighted by molar-refractivity contribution is -0.126. The quantitative estimate of drug-likeness (QED) is 0.840. The molecule has 3 rings (SSSR count). The van der Waals surface area contributed by atoms with Crippen LogP contribution in [0.25, 0.3) is 0 Å². The van der Waals surface area contributed by atoms with E-state index in [1.54, 1.807) is 0 Å². The number of nitrogens with two attached hydrogens (primary N) is 1. The third-order valence-electron chi connectivity index (χ3n) is 4.81. The number of ether oxygens (including phenoxy) is 1. The smallest absolute Gasteiger partial charge is 0.242 e. The minimum atomic E-state index is -0.774. The SMILES string of the molecule is NC(=O)C1(NC2CCCCCC2)CCOc2ccccc21. The lowest BCUT2D eigenvalue weighted by Crippen LogP contribution is -2.58. The lowest BCUT2D eigenvalue weighted by atomic mass is 9.82. The van der Waals surface area contributed by atoms with E-state index < -0.39 is 5.54 Å². The van der Waals surface area contributed by atoms with Crippen LogP contribution in [0, 0.1) is 0 Å². The number of primary amides is 1. The van der Waals surface area contributed by atoms with Crippen LogP contribution in [0.15, 0.2) is 24.3 Å². The standard InChI is InChI=1S/C17H24N2O2/c18-16(20)17(19-13-7-3-1-2-4-8-13)11-12-21-15-10-6-5-9-14(15)17/h5-6,9-10,13,19H,1-4,7-8,11-12H2,(H2,18,20). The maximum Gasteiger partial charge on any atom is 0.242 e. The van der Waals surface area contributed by atoms with Crippen LogP contribution >= 0.6 is 0 Å². The van der Waals surface area contributed by atoms with Crippen molar-refractivity contribution in [2.45, 2.75) is 56.5 Å². The molecule has 0 aromatic heterocycles. The fraction of sp³-hybridized carbons (Fsp3) is 0.588. The number of fused-ring (bicyclic) bond motifs is 1. The van der Waals surface area contributed by atoms with Gasteiger partial charge in [-0.2, -0.15) is 0 Å². The number of rotatable bonds is 3. The second kappa shape index (κ2) is 6.06. The van der Waals surface area contributed by atoms with Gasteiger partial charge >= 0.3 is 0 Å². The summed E-state index contributed by atoms with van der Waals surface area (Å²) in [5.41, 5.74) is 5.94. The molecule has 1 aromatic carbocycles. The highest BCUT2D eigenvalue weighted by Gasteiger charge is 2.44. The Balaban J connectivity index is 1.92. The normalized spacial score (nSPS) is 26.5. The highest BCUT2D eigenvalue weighted by Crippen LogP contribution is 2.38. The van der Waals surface area contributed by atoms with Gasteiger partial charge in [-0.25, -0.2) is 0 Å². The summed E-state index contributed by atoms with van der Waals surface area (Å²) in [7, 11) is 0. The molecule has 4 nitrogen and oxygen atoms in total. The fourth-order valence-corrected chi connectivity index (χ4v) is 3.64. The second-order valence-electron chi connectivity index (χ2n) is 6.20. The zero-order valence-corrected chi connectivity index (χ0v) is 12.4. The van der Waals surface area contributed by atoms with Crippen LogP contribution in [0.1, 0.15) is 50.5 Å². The van der Waals surface area contributed by atoms with Gasteiger partial charge in [-0.3, -0.25) is 10.1 Å². The molecule has 1 saturated carbocycles. The molecular weight excluding hydrogens is 264 g/mol. The van der Waals surface area contributed by atoms with E-state index in [4.69, 9.17) is 10.5 Å². The molecule has 1 aliphatic carbocycles. The van der Waals surface area contributed by atoms with Crippen molar-refractivity contribution in [2.75, 3.05) is 6.61 Å². The van der Waals surface area contributed by atoms with Crippen molar-refractivity contribution >= 4 is 5.91 Å². The van der Waals surface area contributed by atoms with Gasteiger partial charge in [0.15, 0.2) is 0 Å². The zero-order valence-electron chi connectivity index (χ0n) is 12.4. The molecule has 1 aromatic rings. The average molecular weight is 288 g/mol. The van der Waals surface area contributed by atoms with Gasteiger partial charge in [-0.05, 0) is 18.9 Å². The van der Waals surface area contributed by atoms with Crippen molar-refractivity contribution in [3.63, 3.8) is 0 Å². The summed E-state index contributed by atoms with van der Waals surface area (Å²) < 4.78 is 5.69. The number of nitrogens with one attached hydrogen (secondary N) is 1. The Morgan fingerprint density at radius 1 is 1.19 bits per heavy atom. The van der Waals surface area contributed by atoms with E-state index >= 15 is 0 Å². The molecular formula is C17H24N2O2. The lowest BCUT2D eigenvalue weighted by Gasteiger charge is -2.39.